The molecule has 1 heterocycles. The second-order valence-corrected chi connectivity index (χ2v) is 5.16. The average Bonchev–Trinajstić information content (AvgIpc) is 2.84. The lowest BCUT2D eigenvalue weighted by atomic mass is 9.82. The van der Waals surface area contributed by atoms with E-state index >= 15 is 0 Å². The predicted octanol–water partition coefficient (Wildman–Crippen LogP) is 3.35. The molecule has 19 heavy (non-hydrogen) atoms. The Morgan fingerprint density at radius 2 is 2.16 bits per heavy atom. The molecular weight excluding hydrogens is 264 g/mol. The molecule has 4 nitrogen and oxygen atoms in total. The Morgan fingerprint density at radius 1 is 1.37 bits per heavy atom. The summed E-state index contributed by atoms with van der Waals surface area (Å²) in [5.41, 5.74) is 1.55. The normalized spacial score (nSPS) is 22.8. The van der Waals surface area contributed by atoms with Crippen molar-refractivity contribution >= 4 is 28.6 Å². The molecule has 1 aromatic heterocycles. The van der Waals surface area contributed by atoms with E-state index in [4.69, 9.17) is 11.6 Å². The number of carboxylic acid groups (broad SMARTS) is 1. The summed E-state index contributed by atoms with van der Waals surface area (Å²) >= 11 is 6.10. The summed E-state index contributed by atoms with van der Waals surface area (Å²) in [5, 5.41) is 9.88. The molecule has 0 aliphatic heterocycles. The Hall–Kier alpha value is -1.81. The van der Waals surface area contributed by atoms with E-state index in [0.29, 0.717) is 29.2 Å². The minimum Gasteiger partial charge on any atom is -0.481 e. The van der Waals surface area contributed by atoms with Crippen LogP contribution < -0.4 is 0 Å². The van der Waals surface area contributed by atoms with Crippen molar-refractivity contribution in [1.29, 1.82) is 0 Å². The predicted molar refractivity (Wildman–Crippen MR) is 73.3 cm³/mol. The minimum atomic E-state index is -0.777. The number of halogens is 1. The molecule has 3 rings (SSSR count). The van der Waals surface area contributed by atoms with E-state index in [2.05, 4.69) is 9.97 Å². The summed E-state index contributed by atoms with van der Waals surface area (Å²) < 4.78 is 0. The highest BCUT2D eigenvalue weighted by atomic mass is 35.5. The van der Waals surface area contributed by atoms with Crippen LogP contribution in [0.25, 0.3) is 11.0 Å². The molecule has 0 saturated heterocycles. The van der Waals surface area contributed by atoms with E-state index in [1.54, 1.807) is 6.07 Å². The van der Waals surface area contributed by atoms with Crippen molar-refractivity contribution in [1.82, 2.24) is 9.97 Å². The molecule has 2 atom stereocenters. The lowest BCUT2D eigenvalue weighted by Gasteiger charge is -2.23. The number of H-pyrrole nitrogens is 1. The number of aliphatic carboxylic acids is 1. The Morgan fingerprint density at radius 3 is 2.89 bits per heavy atom. The third-order valence-electron chi connectivity index (χ3n) is 3.58. The zero-order chi connectivity index (χ0) is 13.4. The van der Waals surface area contributed by atoms with Crippen LogP contribution in [0.3, 0.4) is 0 Å². The fraction of sp³-hybridized carbons (Fsp3) is 0.286. The number of imidazole rings is 1. The Labute approximate surface area is 115 Å². The third kappa shape index (κ3) is 2.12. The van der Waals surface area contributed by atoms with Crippen molar-refractivity contribution < 1.29 is 9.90 Å². The zero-order valence-corrected chi connectivity index (χ0v) is 10.9. The summed E-state index contributed by atoms with van der Waals surface area (Å²) in [4.78, 5) is 19.0. The molecule has 0 radical (unpaired) electrons. The van der Waals surface area contributed by atoms with Gasteiger partial charge in [0, 0.05) is 5.92 Å². The fourth-order valence-corrected chi connectivity index (χ4v) is 2.80. The Balaban J connectivity index is 2.05. The van der Waals surface area contributed by atoms with Crippen molar-refractivity contribution in [2.45, 2.75) is 18.8 Å². The van der Waals surface area contributed by atoms with Gasteiger partial charge in [-0.2, -0.15) is 0 Å². The van der Waals surface area contributed by atoms with Crippen LogP contribution in [-0.4, -0.2) is 21.0 Å². The van der Waals surface area contributed by atoms with Gasteiger partial charge in [-0.1, -0.05) is 29.8 Å². The molecule has 0 bridgehead atoms. The number of fused-ring (bicyclic) bond motifs is 1. The monoisotopic (exact) mass is 276 g/mol. The first-order chi connectivity index (χ1) is 9.16. The first-order valence-electron chi connectivity index (χ1n) is 6.18. The quantitative estimate of drug-likeness (QED) is 0.827. The third-order valence-corrected chi connectivity index (χ3v) is 3.89. The van der Waals surface area contributed by atoms with Crippen molar-refractivity contribution in [3.05, 3.63) is 41.2 Å². The lowest BCUT2D eigenvalue weighted by Crippen LogP contribution is -2.24. The molecule has 0 saturated carbocycles. The summed E-state index contributed by atoms with van der Waals surface area (Å²) in [6.07, 6.45) is 5.17. The van der Waals surface area contributed by atoms with E-state index in [1.165, 1.54) is 0 Å². The van der Waals surface area contributed by atoms with Gasteiger partial charge in [-0.15, -0.1) is 0 Å². The number of hydrogen-bond donors (Lipinski definition) is 2. The van der Waals surface area contributed by atoms with Crippen LogP contribution in [0.5, 0.6) is 0 Å². The highest BCUT2D eigenvalue weighted by molar-refractivity contribution is 6.34. The maximum atomic E-state index is 11.3. The SMILES string of the molecule is O=C(O)C1CC=CCC1c1nc2c(Cl)cccc2[nH]1. The number of nitrogens with zero attached hydrogens (tertiary/aromatic N) is 1. The number of rotatable bonds is 2. The summed E-state index contributed by atoms with van der Waals surface area (Å²) in [6.45, 7) is 0. The lowest BCUT2D eigenvalue weighted by molar-refractivity contribution is -0.142. The number of aromatic amines is 1. The molecule has 2 unspecified atom stereocenters. The van der Waals surface area contributed by atoms with Gasteiger partial charge in [-0.3, -0.25) is 4.79 Å². The van der Waals surface area contributed by atoms with Gasteiger partial charge in [0.2, 0.25) is 0 Å². The highest BCUT2D eigenvalue weighted by Crippen LogP contribution is 2.35. The molecule has 1 aromatic carbocycles. The molecule has 1 aliphatic rings. The summed E-state index contributed by atoms with van der Waals surface area (Å²) in [5.74, 6) is -0.615. The molecule has 2 aromatic rings. The number of nitrogens with one attached hydrogen (secondary N) is 1. The van der Waals surface area contributed by atoms with Gasteiger partial charge in [0.1, 0.15) is 11.3 Å². The second kappa shape index (κ2) is 4.70. The molecule has 98 valence electrons. The van der Waals surface area contributed by atoms with E-state index in [1.807, 2.05) is 24.3 Å². The molecule has 0 fully saturated rings. The first-order valence-corrected chi connectivity index (χ1v) is 6.56. The van der Waals surface area contributed by atoms with Crippen LogP contribution in [-0.2, 0) is 4.79 Å². The molecule has 5 heteroatoms. The van der Waals surface area contributed by atoms with Crippen LogP contribution >= 0.6 is 11.6 Å². The number of carbonyl (C=O) groups is 1. The van der Waals surface area contributed by atoms with Crippen LogP contribution in [0.2, 0.25) is 5.02 Å². The average molecular weight is 277 g/mol. The largest absolute Gasteiger partial charge is 0.481 e. The van der Waals surface area contributed by atoms with E-state index in [9.17, 15) is 9.90 Å². The first kappa shape index (κ1) is 12.2. The van der Waals surface area contributed by atoms with Crippen molar-refractivity contribution in [3.63, 3.8) is 0 Å². The van der Waals surface area contributed by atoms with Gasteiger partial charge >= 0.3 is 5.97 Å². The zero-order valence-electron chi connectivity index (χ0n) is 10.1. The molecule has 1 aliphatic carbocycles. The van der Waals surface area contributed by atoms with E-state index < -0.39 is 11.9 Å². The van der Waals surface area contributed by atoms with Crippen LogP contribution in [0.4, 0.5) is 0 Å². The topological polar surface area (TPSA) is 66.0 Å². The summed E-state index contributed by atoms with van der Waals surface area (Å²) in [7, 11) is 0. The van der Waals surface area contributed by atoms with E-state index in [-0.39, 0.29) is 5.92 Å². The van der Waals surface area contributed by atoms with E-state index in [0.717, 1.165) is 5.52 Å². The van der Waals surface area contributed by atoms with Crippen molar-refractivity contribution in [3.8, 4) is 0 Å². The number of carboxylic acids is 1. The van der Waals surface area contributed by atoms with Crippen LogP contribution in [0.1, 0.15) is 24.6 Å². The maximum Gasteiger partial charge on any atom is 0.307 e. The fourth-order valence-electron chi connectivity index (χ4n) is 2.58. The van der Waals surface area contributed by atoms with Gasteiger partial charge in [0.25, 0.3) is 0 Å². The minimum absolute atomic E-state index is 0.119. The molecule has 2 N–H and O–H groups in total. The van der Waals surface area contributed by atoms with Gasteiger partial charge in [-0.25, -0.2) is 4.98 Å². The Bertz CT molecular complexity index is 663. The standard InChI is InChI=1S/C14H13ClN2O2/c15-10-6-3-7-11-12(10)17-13(16-11)8-4-1-2-5-9(8)14(18)19/h1-3,6-9H,4-5H2,(H,16,17)(H,18,19). The molecular formula is C14H13ClN2O2. The number of allylic oxidation sites excluding steroid dienone is 2. The van der Waals surface area contributed by atoms with Crippen molar-refractivity contribution in [2.24, 2.45) is 5.92 Å². The number of hydrogen-bond acceptors (Lipinski definition) is 2. The number of para-hydroxylation sites is 1. The molecule has 0 amide bonds. The number of aromatic nitrogens is 2. The summed E-state index contributed by atoms with van der Waals surface area (Å²) in [6, 6.07) is 5.53. The van der Waals surface area contributed by atoms with Gasteiger partial charge < -0.3 is 10.1 Å². The van der Waals surface area contributed by atoms with Crippen LogP contribution in [0, 0.1) is 5.92 Å². The van der Waals surface area contributed by atoms with Crippen molar-refractivity contribution in [2.75, 3.05) is 0 Å². The second-order valence-electron chi connectivity index (χ2n) is 4.75. The number of benzene rings is 1. The Kier molecular flexibility index (Phi) is 3.03. The van der Waals surface area contributed by atoms with Gasteiger partial charge in [-0.05, 0) is 25.0 Å². The van der Waals surface area contributed by atoms with Gasteiger partial charge in [0.05, 0.1) is 16.5 Å². The molecule has 0 spiro atoms. The smallest absolute Gasteiger partial charge is 0.307 e. The maximum absolute atomic E-state index is 11.3. The van der Waals surface area contributed by atoms with Gasteiger partial charge in [0.15, 0.2) is 0 Å². The van der Waals surface area contributed by atoms with Crippen LogP contribution in [0.15, 0.2) is 30.4 Å². The highest BCUT2D eigenvalue weighted by Gasteiger charge is 2.32.